The topological polar surface area (TPSA) is 44.9 Å². The molecule has 0 amide bonds. The highest BCUT2D eigenvalue weighted by Gasteiger charge is 2.14. The summed E-state index contributed by atoms with van der Waals surface area (Å²) >= 11 is 0. The Morgan fingerprint density at radius 2 is 1.80 bits per heavy atom. The van der Waals surface area contributed by atoms with Gasteiger partial charge in [-0.2, -0.15) is 0 Å². The maximum atomic E-state index is 5.96. The first-order chi connectivity index (χ1) is 6.88. The van der Waals surface area contributed by atoms with Crippen LogP contribution in [0.25, 0.3) is 0 Å². The predicted octanol–water partition coefficient (Wildman–Crippen LogP) is 0.982. The molecule has 0 aliphatic heterocycles. The van der Waals surface area contributed by atoms with Gasteiger partial charge in [-0.3, -0.25) is 4.99 Å². The third-order valence-corrected chi connectivity index (χ3v) is 2.19. The van der Waals surface area contributed by atoms with Crippen LogP contribution in [0.5, 0.6) is 0 Å². The molecule has 1 atom stereocenters. The highest BCUT2D eigenvalue weighted by atomic mass is 15.3. The SMILES string of the molecule is CCN(C(N)=NC(C)C)C(C)CN(C)C. The number of nitrogens with zero attached hydrogens (tertiary/aromatic N) is 3. The summed E-state index contributed by atoms with van der Waals surface area (Å²) in [6, 6.07) is 0.651. The van der Waals surface area contributed by atoms with E-state index in [1.54, 1.807) is 0 Å². The molecule has 0 saturated heterocycles. The van der Waals surface area contributed by atoms with Crippen molar-refractivity contribution in [3.63, 3.8) is 0 Å². The average molecular weight is 214 g/mol. The second-order valence-corrected chi connectivity index (χ2v) is 4.48. The van der Waals surface area contributed by atoms with E-state index >= 15 is 0 Å². The zero-order chi connectivity index (χ0) is 12.0. The van der Waals surface area contributed by atoms with E-state index in [0.29, 0.717) is 12.0 Å². The fourth-order valence-corrected chi connectivity index (χ4v) is 1.67. The van der Waals surface area contributed by atoms with E-state index in [0.717, 1.165) is 13.1 Å². The Morgan fingerprint density at radius 1 is 1.27 bits per heavy atom. The van der Waals surface area contributed by atoms with Crippen LogP contribution in [-0.4, -0.2) is 55.0 Å². The van der Waals surface area contributed by atoms with Gasteiger partial charge in [-0.15, -0.1) is 0 Å². The summed E-state index contributed by atoms with van der Waals surface area (Å²) in [5.74, 6) is 0.654. The zero-order valence-corrected chi connectivity index (χ0v) is 11.0. The van der Waals surface area contributed by atoms with Gasteiger partial charge in [0, 0.05) is 25.2 Å². The van der Waals surface area contributed by atoms with Gasteiger partial charge in [0.15, 0.2) is 5.96 Å². The summed E-state index contributed by atoms with van der Waals surface area (Å²) in [7, 11) is 4.14. The predicted molar refractivity (Wildman–Crippen MR) is 67.2 cm³/mol. The quantitative estimate of drug-likeness (QED) is 0.548. The minimum atomic E-state index is 0.255. The van der Waals surface area contributed by atoms with E-state index in [1.165, 1.54) is 0 Å². The normalized spacial score (nSPS) is 14.8. The van der Waals surface area contributed by atoms with E-state index in [2.05, 4.69) is 42.7 Å². The second kappa shape index (κ2) is 6.67. The number of guanidine groups is 1. The first kappa shape index (κ1) is 14.2. The maximum absolute atomic E-state index is 5.96. The van der Waals surface area contributed by atoms with Gasteiger partial charge in [-0.1, -0.05) is 0 Å². The molecule has 0 bridgehead atoms. The fourth-order valence-electron chi connectivity index (χ4n) is 1.67. The van der Waals surface area contributed by atoms with Crippen LogP contribution in [-0.2, 0) is 0 Å². The van der Waals surface area contributed by atoms with Gasteiger partial charge in [0.1, 0.15) is 0 Å². The lowest BCUT2D eigenvalue weighted by Gasteiger charge is -2.31. The molecule has 0 fully saturated rings. The van der Waals surface area contributed by atoms with Crippen molar-refractivity contribution in [2.75, 3.05) is 27.2 Å². The monoisotopic (exact) mass is 214 g/mol. The number of aliphatic imine (C=N–C) groups is 1. The standard InChI is InChI=1S/C11H26N4/c1-7-15(10(4)8-14(5)6)11(12)13-9(2)3/h9-10H,7-8H2,1-6H3,(H2,12,13). The summed E-state index contributed by atoms with van der Waals surface area (Å²) in [5, 5.41) is 0. The van der Waals surface area contributed by atoms with Crippen molar-refractivity contribution < 1.29 is 0 Å². The Labute approximate surface area is 94.1 Å². The van der Waals surface area contributed by atoms with Crippen LogP contribution in [0.4, 0.5) is 0 Å². The summed E-state index contributed by atoms with van der Waals surface area (Å²) < 4.78 is 0. The number of hydrogen-bond acceptors (Lipinski definition) is 2. The van der Waals surface area contributed by atoms with Crippen LogP contribution in [0, 0.1) is 0 Å². The van der Waals surface area contributed by atoms with Crippen molar-refractivity contribution in [2.45, 2.75) is 39.8 Å². The Kier molecular flexibility index (Phi) is 6.32. The van der Waals surface area contributed by atoms with Gasteiger partial charge in [0.2, 0.25) is 0 Å². The summed E-state index contributed by atoms with van der Waals surface area (Å²) in [4.78, 5) is 8.68. The molecule has 0 heterocycles. The highest BCUT2D eigenvalue weighted by molar-refractivity contribution is 5.78. The molecule has 4 nitrogen and oxygen atoms in total. The van der Waals surface area contributed by atoms with Crippen LogP contribution < -0.4 is 5.73 Å². The molecule has 0 saturated carbocycles. The molecule has 2 N–H and O–H groups in total. The molecule has 0 aromatic heterocycles. The minimum absolute atomic E-state index is 0.255. The Hall–Kier alpha value is -0.770. The average Bonchev–Trinajstić information content (AvgIpc) is 2.01. The van der Waals surface area contributed by atoms with E-state index < -0.39 is 0 Å². The van der Waals surface area contributed by atoms with E-state index in [9.17, 15) is 0 Å². The van der Waals surface area contributed by atoms with Crippen molar-refractivity contribution in [1.82, 2.24) is 9.80 Å². The zero-order valence-electron chi connectivity index (χ0n) is 11.0. The minimum Gasteiger partial charge on any atom is -0.370 e. The van der Waals surface area contributed by atoms with Gasteiger partial charge < -0.3 is 15.5 Å². The lowest BCUT2D eigenvalue weighted by Crippen LogP contribution is -2.47. The van der Waals surface area contributed by atoms with Crippen LogP contribution in [0.2, 0.25) is 0 Å². The van der Waals surface area contributed by atoms with Gasteiger partial charge in [0.05, 0.1) is 0 Å². The molecule has 0 aromatic rings. The number of likely N-dealkylation sites (N-methyl/N-ethyl adjacent to an activating group) is 2. The van der Waals surface area contributed by atoms with Crippen molar-refractivity contribution >= 4 is 5.96 Å². The third kappa shape index (κ3) is 5.62. The second-order valence-electron chi connectivity index (χ2n) is 4.48. The van der Waals surface area contributed by atoms with Gasteiger partial charge in [0.25, 0.3) is 0 Å². The summed E-state index contributed by atoms with van der Waals surface area (Å²) in [6.45, 7) is 10.2. The molecular weight excluding hydrogens is 188 g/mol. The summed E-state index contributed by atoms with van der Waals surface area (Å²) in [5.41, 5.74) is 5.96. The third-order valence-electron chi connectivity index (χ3n) is 2.19. The molecule has 90 valence electrons. The van der Waals surface area contributed by atoms with Crippen molar-refractivity contribution in [3.8, 4) is 0 Å². The molecule has 1 unspecified atom stereocenters. The first-order valence-electron chi connectivity index (χ1n) is 5.63. The number of hydrogen-bond donors (Lipinski definition) is 1. The molecular formula is C11H26N4. The smallest absolute Gasteiger partial charge is 0.191 e. The maximum Gasteiger partial charge on any atom is 0.191 e. The van der Waals surface area contributed by atoms with Gasteiger partial charge in [-0.25, -0.2) is 0 Å². The van der Waals surface area contributed by atoms with Crippen molar-refractivity contribution in [2.24, 2.45) is 10.7 Å². The fraction of sp³-hybridized carbons (Fsp3) is 0.909. The van der Waals surface area contributed by atoms with E-state index in [4.69, 9.17) is 5.73 Å². The molecule has 15 heavy (non-hydrogen) atoms. The van der Waals surface area contributed by atoms with E-state index in [-0.39, 0.29) is 6.04 Å². The number of rotatable bonds is 5. The Balaban J connectivity index is 4.46. The lowest BCUT2D eigenvalue weighted by atomic mass is 10.3. The highest BCUT2D eigenvalue weighted by Crippen LogP contribution is 2.01. The Morgan fingerprint density at radius 3 is 2.13 bits per heavy atom. The molecule has 0 aromatic carbocycles. The molecule has 0 spiro atoms. The van der Waals surface area contributed by atoms with Crippen LogP contribution in [0.3, 0.4) is 0 Å². The Bertz CT molecular complexity index is 199. The van der Waals surface area contributed by atoms with E-state index in [1.807, 2.05) is 13.8 Å². The first-order valence-corrected chi connectivity index (χ1v) is 5.63. The van der Waals surface area contributed by atoms with Crippen LogP contribution in [0.15, 0.2) is 4.99 Å². The van der Waals surface area contributed by atoms with Crippen molar-refractivity contribution in [3.05, 3.63) is 0 Å². The molecule has 0 aliphatic rings. The van der Waals surface area contributed by atoms with Gasteiger partial charge >= 0.3 is 0 Å². The summed E-state index contributed by atoms with van der Waals surface area (Å²) in [6.07, 6.45) is 0. The lowest BCUT2D eigenvalue weighted by molar-refractivity contribution is 0.261. The van der Waals surface area contributed by atoms with Crippen LogP contribution >= 0.6 is 0 Å². The molecule has 4 heteroatoms. The van der Waals surface area contributed by atoms with Gasteiger partial charge in [-0.05, 0) is 41.8 Å². The molecule has 0 aliphatic carbocycles. The van der Waals surface area contributed by atoms with Crippen molar-refractivity contribution in [1.29, 1.82) is 0 Å². The molecule has 0 radical (unpaired) electrons. The largest absolute Gasteiger partial charge is 0.370 e. The van der Waals surface area contributed by atoms with Crippen LogP contribution in [0.1, 0.15) is 27.7 Å². The number of nitrogens with two attached hydrogens (primary N) is 1. The molecule has 0 rings (SSSR count).